The van der Waals surface area contributed by atoms with Crippen LogP contribution in [0.3, 0.4) is 0 Å². The maximum absolute atomic E-state index is 5.87. The molecule has 3 heterocycles. The maximum Gasteiger partial charge on any atom is 0.191 e. The lowest BCUT2D eigenvalue weighted by Gasteiger charge is -2.22. The Labute approximate surface area is 118 Å². The molecule has 2 fully saturated rings. The number of ether oxygens (including phenoxy) is 1. The quantitative estimate of drug-likeness (QED) is 0.655. The van der Waals surface area contributed by atoms with Gasteiger partial charge in [-0.3, -0.25) is 0 Å². The Bertz CT molecular complexity index is 432. The van der Waals surface area contributed by atoms with Crippen molar-refractivity contribution in [3.05, 3.63) is 22.4 Å². The summed E-state index contributed by atoms with van der Waals surface area (Å²) in [5, 5.41) is 11.1. The van der Waals surface area contributed by atoms with Crippen molar-refractivity contribution >= 4 is 17.3 Å². The van der Waals surface area contributed by atoms with Gasteiger partial charge in [-0.1, -0.05) is 0 Å². The van der Waals surface area contributed by atoms with E-state index in [1.807, 2.05) is 0 Å². The Hall–Kier alpha value is -1.07. The van der Waals surface area contributed by atoms with Crippen molar-refractivity contribution in [2.45, 2.75) is 51.0 Å². The van der Waals surface area contributed by atoms with Gasteiger partial charge in [0.15, 0.2) is 5.96 Å². The van der Waals surface area contributed by atoms with Crippen molar-refractivity contribution in [1.82, 2.24) is 10.6 Å². The van der Waals surface area contributed by atoms with Gasteiger partial charge in [-0.2, -0.15) is 11.3 Å². The molecule has 0 aliphatic carbocycles. The normalized spacial score (nSPS) is 29.7. The average molecular weight is 279 g/mol. The van der Waals surface area contributed by atoms with Gasteiger partial charge in [-0.05, 0) is 48.6 Å². The van der Waals surface area contributed by atoms with E-state index in [4.69, 9.17) is 4.74 Å². The maximum atomic E-state index is 5.87. The Balaban J connectivity index is 1.59. The number of hydrogen-bond acceptors (Lipinski definition) is 3. The van der Waals surface area contributed by atoms with Gasteiger partial charge >= 0.3 is 0 Å². The Morgan fingerprint density at radius 1 is 1.53 bits per heavy atom. The van der Waals surface area contributed by atoms with Crippen LogP contribution in [-0.2, 0) is 11.3 Å². The molecule has 104 valence electrons. The van der Waals surface area contributed by atoms with E-state index in [2.05, 4.69) is 39.4 Å². The van der Waals surface area contributed by atoms with Crippen LogP contribution in [0, 0.1) is 0 Å². The molecule has 2 N–H and O–H groups in total. The van der Waals surface area contributed by atoms with Crippen LogP contribution in [0.2, 0.25) is 0 Å². The molecule has 0 radical (unpaired) electrons. The van der Waals surface area contributed by atoms with Crippen LogP contribution in [0.5, 0.6) is 0 Å². The van der Waals surface area contributed by atoms with Gasteiger partial charge in [0.2, 0.25) is 0 Å². The fraction of sp³-hybridized carbons (Fsp3) is 0.643. The monoisotopic (exact) mass is 279 g/mol. The number of hydrogen-bond donors (Lipinski definition) is 2. The first-order chi connectivity index (χ1) is 9.35. The molecular weight excluding hydrogens is 258 g/mol. The molecule has 3 rings (SSSR count). The summed E-state index contributed by atoms with van der Waals surface area (Å²) in [6, 6.07) is 2.55. The molecule has 2 aliphatic heterocycles. The van der Waals surface area contributed by atoms with Crippen molar-refractivity contribution < 1.29 is 4.74 Å². The summed E-state index contributed by atoms with van der Waals surface area (Å²) in [4.78, 5) is 4.65. The lowest BCUT2D eigenvalue weighted by atomic mass is 9.96. The third-order valence-electron chi connectivity index (χ3n) is 3.77. The summed E-state index contributed by atoms with van der Waals surface area (Å²) in [5.41, 5.74) is 1.27. The minimum Gasteiger partial charge on any atom is -0.373 e. The van der Waals surface area contributed by atoms with Gasteiger partial charge in [-0.25, -0.2) is 4.99 Å². The first kappa shape index (κ1) is 12.9. The standard InChI is InChI=1S/C14H21N3OS/c1-2-15-14(16-8-10-5-6-19-9-10)17-12-7-11-3-4-13(12)18-11/h5-6,9,11-13H,2-4,7-8H2,1H3,(H2,15,16,17). The van der Waals surface area contributed by atoms with Crippen LogP contribution in [0.25, 0.3) is 0 Å². The number of aliphatic imine (C=N–C) groups is 1. The van der Waals surface area contributed by atoms with Crippen molar-refractivity contribution in [2.75, 3.05) is 6.54 Å². The van der Waals surface area contributed by atoms with E-state index in [1.54, 1.807) is 11.3 Å². The summed E-state index contributed by atoms with van der Waals surface area (Å²) >= 11 is 1.72. The van der Waals surface area contributed by atoms with Crippen molar-refractivity contribution in [1.29, 1.82) is 0 Å². The number of nitrogens with one attached hydrogen (secondary N) is 2. The van der Waals surface area contributed by atoms with E-state index in [-0.39, 0.29) is 0 Å². The van der Waals surface area contributed by atoms with E-state index in [0.717, 1.165) is 25.5 Å². The minimum atomic E-state index is 0.384. The highest BCUT2D eigenvalue weighted by Crippen LogP contribution is 2.34. The lowest BCUT2D eigenvalue weighted by molar-refractivity contribution is 0.0992. The molecule has 2 aliphatic rings. The molecule has 5 heteroatoms. The fourth-order valence-electron chi connectivity index (χ4n) is 2.84. The van der Waals surface area contributed by atoms with Crippen LogP contribution in [0.1, 0.15) is 31.7 Å². The van der Waals surface area contributed by atoms with Crippen LogP contribution in [-0.4, -0.2) is 30.8 Å². The van der Waals surface area contributed by atoms with E-state index >= 15 is 0 Å². The second kappa shape index (κ2) is 5.92. The SMILES string of the molecule is CCNC(=NCc1ccsc1)NC1CC2CCC1O2. The number of guanidine groups is 1. The Morgan fingerprint density at radius 2 is 2.47 bits per heavy atom. The Kier molecular flexibility index (Phi) is 4.03. The molecule has 0 amide bonds. The predicted octanol–water partition coefficient (Wildman–Crippen LogP) is 2.12. The van der Waals surface area contributed by atoms with E-state index in [9.17, 15) is 0 Å². The zero-order chi connectivity index (χ0) is 13.1. The Morgan fingerprint density at radius 3 is 3.11 bits per heavy atom. The highest BCUT2D eigenvalue weighted by Gasteiger charge is 2.41. The second-order valence-corrected chi connectivity index (χ2v) is 5.97. The van der Waals surface area contributed by atoms with Crippen LogP contribution in [0.4, 0.5) is 0 Å². The van der Waals surface area contributed by atoms with E-state index < -0.39 is 0 Å². The molecular formula is C14H21N3OS. The van der Waals surface area contributed by atoms with E-state index in [1.165, 1.54) is 18.4 Å². The molecule has 0 spiro atoms. The molecule has 4 nitrogen and oxygen atoms in total. The highest BCUT2D eigenvalue weighted by molar-refractivity contribution is 7.07. The summed E-state index contributed by atoms with van der Waals surface area (Å²) in [6.45, 7) is 3.72. The first-order valence-corrected chi connectivity index (χ1v) is 8.01. The van der Waals surface area contributed by atoms with Gasteiger partial charge in [0.25, 0.3) is 0 Å². The molecule has 1 aromatic heterocycles. The van der Waals surface area contributed by atoms with Gasteiger partial charge in [0.05, 0.1) is 24.8 Å². The zero-order valence-electron chi connectivity index (χ0n) is 11.3. The molecule has 2 bridgehead atoms. The van der Waals surface area contributed by atoms with Gasteiger partial charge < -0.3 is 15.4 Å². The van der Waals surface area contributed by atoms with Gasteiger partial charge in [0, 0.05) is 6.54 Å². The summed E-state index contributed by atoms with van der Waals surface area (Å²) in [7, 11) is 0. The van der Waals surface area contributed by atoms with Crippen LogP contribution < -0.4 is 10.6 Å². The second-order valence-electron chi connectivity index (χ2n) is 5.19. The number of nitrogens with zero attached hydrogens (tertiary/aromatic N) is 1. The van der Waals surface area contributed by atoms with Gasteiger partial charge in [0.1, 0.15) is 0 Å². The van der Waals surface area contributed by atoms with Crippen LogP contribution in [0.15, 0.2) is 21.8 Å². The van der Waals surface area contributed by atoms with Crippen molar-refractivity contribution in [3.8, 4) is 0 Å². The third-order valence-corrected chi connectivity index (χ3v) is 4.50. The first-order valence-electron chi connectivity index (χ1n) is 7.06. The average Bonchev–Trinajstić information content (AvgIpc) is 3.13. The molecule has 19 heavy (non-hydrogen) atoms. The number of thiophene rings is 1. The number of rotatable bonds is 4. The molecule has 2 saturated heterocycles. The fourth-order valence-corrected chi connectivity index (χ4v) is 3.50. The smallest absolute Gasteiger partial charge is 0.191 e. The zero-order valence-corrected chi connectivity index (χ0v) is 12.1. The number of fused-ring (bicyclic) bond motifs is 2. The van der Waals surface area contributed by atoms with Gasteiger partial charge in [-0.15, -0.1) is 0 Å². The lowest BCUT2D eigenvalue weighted by Crippen LogP contribution is -2.47. The molecule has 3 unspecified atom stereocenters. The highest BCUT2D eigenvalue weighted by atomic mass is 32.1. The molecule has 0 saturated carbocycles. The summed E-state index contributed by atoms with van der Waals surface area (Å²) < 4.78 is 5.87. The van der Waals surface area contributed by atoms with Crippen molar-refractivity contribution in [2.24, 2.45) is 4.99 Å². The predicted molar refractivity (Wildman–Crippen MR) is 78.6 cm³/mol. The molecule has 1 aromatic rings. The topological polar surface area (TPSA) is 45.7 Å². The third kappa shape index (κ3) is 3.09. The van der Waals surface area contributed by atoms with Crippen LogP contribution >= 0.6 is 11.3 Å². The molecule has 0 aromatic carbocycles. The summed E-state index contributed by atoms with van der Waals surface area (Å²) in [5.74, 6) is 0.912. The minimum absolute atomic E-state index is 0.384. The molecule has 3 atom stereocenters. The van der Waals surface area contributed by atoms with E-state index in [0.29, 0.717) is 18.2 Å². The largest absolute Gasteiger partial charge is 0.373 e. The summed E-state index contributed by atoms with van der Waals surface area (Å²) in [6.07, 6.45) is 4.39. The van der Waals surface area contributed by atoms with Crippen molar-refractivity contribution in [3.63, 3.8) is 0 Å².